The van der Waals surface area contributed by atoms with E-state index in [9.17, 15) is 24.3 Å². The van der Waals surface area contributed by atoms with Crippen molar-refractivity contribution in [3.63, 3.8) is 0 Å². The van der Waals surface area contributed by atoms with Crippen molar-refractivity contribution in [1.82, 2.24) is 25.9 Å². The number of nitrogens with one attached hydrogen (secondary N) is 3. The smallest absolute Gasteiger partial charge is 0.329 e. The monoisotopic (exact) mass is 571 g/mol. The Morgan fingerprint density at radius 1 is 0.829 bits per heavy atom. The Morgan fingerprint density at radius 3 is 1.85 bits per heavy atom. The van der Waals surface area contributed by atoms with Crippen molar-refractivity contribution < 1.29 is 33.8 Å². The highest BCUT2D eigenvalue weighted by Gasteiger charge is 2.29. The van der Waals surface area contributed by atoms with E-state index in [1.807, 2.05) is 0 Å². The molecule has 0 aromatic carbocycles. The van der Waals surface area contributed by atoms with Gasteiger partial charge in [-0.25, -0.2) is 9.59 Å². The molecular weight excluding hydrogens is 530 g/mol. The normalized spacial score (nSPS) is 13.1. The molecular formula is C29H41N5O7. The maximum Gasteiger partial charge on any atom is 0.329 e. The number of pyridine rings is 2. The lowest BCUT2D eigenvalue weighted by Crippen LogP contribution is -2.49. The van der Waals surface area contributed by atoms with Gasteiger partial charge in [-0.15, -0.1) is 0 Å². The van der Waals surface area contributed by atoms with Crippen molar-refractivity contribution in [2.45, 2.75) is 90.1 Å². The van der Waals surface area contributed by atoms with Gasteiger partial charge in [-0.05, 0) is 78.6 Å². The van der Waals surface area contributed by atoms with Crippen LogP contribution < -0.4 is 16.0 Å². The molecule has 2 rings (SSSR count). The van der Waals surface area contributed by atoms with Crippen molar-refractivity contribution in [2.24, 2.45) is 0 Å². The van der Waals surface area contributed by atoms with Crippen LogP contribution in [0.2, 0.25) is 0 Å². The van der Waals surface area contributed by atoms with Crippen LogP contribution in [0.15, 0.2) is 48.8 Å². The number of aromatic nitrogens is 2. The minimum absolute atomic E-state index is 0.0218. The summed E-state index contributed by atoms with van der Waals surface area (Å²) < 4.78 is 10.7. The van der Waals surface area contributed by atoms with Crippen LogP contribution in [0.4, 0.5) is 4.79 Å². The lowest BCUT2D eigenvalue weighted by Gasteiger charge is -2.25. The number of amides is 2. The fourth-order valence-corrected chi connectivity index (χ4v) is 3.71. The van der Waals surface area contributed by atoms with E-state index in [0.717, 1.165) is 0 Å². The Kier molecular flexibility index (Phi) is 12.2. The summed E-state index contributed by atoms with van der Waals surface area (Å²) in [6.45, 7) is 10.2. The number of rotatable bonds is 13. The number of aliphatic carboxylic acids is 1. The summed E-state index contributed by atoms with van der Waals surface area (Å²) in [6, 6.07) is 7.16. The van der Waals surface area contributed by atoms with Crippen LogP contribution in [0.1, 0.15) is 78.2 Å². The van der Waals surface area contributed by atoms with Gasteiger partial charge in [0.2, 0.25) is 0 Å². The van der Waals surface area contributed by atoms with Crippen LogP contribution in [0.25, 0.3) is 0 Å². The summed E-state index contributed by atoms with van der Waals surface area (Å²) >= 11 is 0. The van der Waals surface area contributed by atoms with Crippen molar-refractivity contribution >= 4 is 23.9 Å². The Morgan fingerprint density at radius 2 is 1.39 bits per heavy atom. The molecule has 0 aliphatic rings. The first-order chi connectivity index (χ1) is 19.1. The molecule has 2 aromatic heterocycles. The molecule has 0 aliphatic heterocycles. The molecule has 0 bridgehead atoms. The minimum atomic E-state index is -1.12. The van der Waals surface area contributed by atoms with E-state index in [2.05, 4.69) is 25.9 Å². The van der Waals surface area contributed by atoms with Crippen molar-refractivity contribution in [3.05, 3.63) is 60.2 Å². The maximum absolute atomic E-state index is 12.7. The van der Waals surface area contributed by atoms with E-state index >= 15 is 0 Å². The van der Waals surface area contributed by atoms with Gasteiger partial charge in [0, 0.05) is 25.4 Å². The summed E-state index contributed by atoms with van der Waals surface area (Å²) in [5, 5.41) is 18.1. The van der Waals surface area contributed by atoms with Crippen LogP contribution >= 0.6 is 0 Å². The third-order valence-electron chi connectivity index (χ3n) is 5.41. The van der Waals surface area contributed by atoms with Crippen molar-refractivity contribution in [3.8, 4) is 0 Å². The van der Waals surface area contributed by atoms with Gasteiger partial charge in [0.25, 0.3) is 0 Å². The van der Waals surface area contributed by atoms with Gasteiger partial charge in [0.1, 0.15) is 23.3 Å². The zero-order chi connectivity index (χ0) is 30.6. The fraction of sp³-hybridized carbons (Fsp3) is 0.517. The first-order valence-corrected chi connectivity index (χ1v) is 13.4. The van der Waals surface area contributed by atoms with E-state index < -0.39 is 53.3 Å². The molecule has 2 unspecified atom stereocenters. The lowest BCUT2D eigenvalue weighted by atomic mass is 10.1. The maximum atomic E-state index is 12.7. The van der Waals surface area contributed by atoms with Gasteiger partial charge in [0.15, 0.2) is 0 Å². The number of carbonyl (C=O) groups excluding carboxylic acids is 3. The van der Waals surface area contributed by atoms with Gasteiger partial charge < -0.3 is 25.2 Å². The standard InChI is InChI=1S/C29H41N5O7/c1-28(2,3)40-23(35)14-13-22(26(38)41-29(4,5)6)34-27(39)32-18-15-21(25(36)37)33-24(19-11-7-9-16-30-19)20-12-8-10-17-31-20/h7-12,16-17,21-22,24,33H,13-15,18H2,1-6H3,(H,36,37)(H2,32,34,39). The summed E-state index contributed by atoms with van der Waals surface area (Å²) in [7, 11) is 0. The van der Waals surface area contributed by atoms with E-state index in [1.165, 1.54) is 0 Å². The van der Waals surface area contributed by atoms with Crippen LogP contribution in [0.5, 0.6) is 0 Å². The number of ether oxygens (including phenoxy) is 2. The molecule has 0 saturated heterocycles. The first kappa shape index (κ1) is 33.1. The zero-order valence-corrected chi connectivity index (χ0v) is 24.5. The largest absolute Gasteiger partial charge is 0.480 e. The summed E-state index contributed by atoms with van der Waals surface area (Å²) in [5.74, 6) is -2.33. The molecule has 2 heterocycles. The summed E-state index contributed by atoms with van der Waals surface area (Å²) in [5.41, 5.74) is -0.316. The van der Waals surface area contributed by atoms with Gasteiger partial charge in [-0.1, -0.05) is 12.1 Å². The highest BCUT2D eigenvalue weighted by Crippen LogP contribution is 2.19. The number of urea groups is 1. The van der Waals surface area contributed by atoms with E-state index in [0.29, 0.717) is 11.4 Å². The van der Waals surface area contributed by atoms with Crippen LogP contribution in [-0.2, 0) is 23.9 Å². The highest BCUT2D eigenvalue weighted by atomic mass is 16.6. The second-order valence-corrected chi connectivity index (χ2v) is 11.4. The number of hydrogen-bond acceptors (Lipinski definition) is 9. The highest BCUT2D eigenvalue weighted by molar-refractivity contribution is 5.84. The van der Waals surface area contributed by atoms with Crippen molar-refractivity contribution in [2.75, 3.05) is 6.54 Å². The second-order valence-electron chi connectivity index (χ2n) is 11.4. The first-order valence-electron chi connectivity index (χ1n) is 13.4. The molecule has 12 nitrogen and oxygen atoms in total. The molecule has 41 heavy (non-hydrogen) atoms. The van der Waals surface area contributed by atoms with Crippen LogP contribution in [0.3, 0.4) is 0 Å². The predicted molar refractivity (Wildman–Crippen MR) is 151 cm³/mol. The third kappa shape index (κ3) is 12.8. The summed E-state index contributed by atoms with van der Waals surface area (Å²) in [4.78, 5) is 58.4. The Balaban J connectivity index is 2.03. The molecule has 224 valence electrons. The molecule has 2 amide bonds. The average molecular weight is 572 g/mol. The molecule has 4 N–H and O–H groups in total. The molecule has 0 fully saturated rings. The SMILES string of the molecule is CC(C)(C)OC(=O)CCC(NC(=O)NCCC(NC(c1ccccn1)c1ccccn1)C(=O)O)C(=O)OC(C)(C)C. The number of carboxylic acids is 1. The Bertz CT molecular complexity index is 1110. The number of hydrogen-bond donors (Lipinski definition) is 4. The molecule has 2 atom stereocenters. The minimum Gasteiger partial charge on any atom is -0.480 e. The van der Waals surface area contributed by atoms with Gasteiger partial charge in [-0.2, -0.15) is 0 Å². The zero-order valence-electron chi connectivity index (χ0n) is 24.5. The van der Waals surface area contributed by atoms with E-state index in [4.69, 9.17) is 9.47 Å². The lowest BCUT2D eigenvalue weighted by molar-refractivity contribution is -0.158. The fourth-order valence-electron chi connectivity index (χ4n) is 3.71. The average Bonchev–Trinajstić information content (AvgIpc) is 2.87. The molecule has 0 spiro atoms. The van der Waals surface area contributed by atoms with Crippen LogP contribution in [0, 0.1) is 0 Å². The number of carbonyl (C=O) groups is 4. The molecule has 12 heteroatoms. The number of carboxylic acid groups (broad SMARTS) is 1. The topological polar surface area (TPSA) is 169 Å². The Labute approximate surface area is 240 Å². The predicted octanol–water partition coefficient (Wildman–Crippen LogP) is 3.13. The van der Waals surface area contributed by atoms with E-state index in [-0.39, 0.29) is 25.8 Å². The van der Waals surface area contributed by atoms with Gasteiger partial charge >= 0.3 is 23.9 Å². The van der Waals surface area contributed by atoms with Gasteiger partial charge in [-0.3, -0.25) is 24.9 Å². The van der Waals surface area contributed by atoms with E-state index in [1.54, 1.807) is 90.3 Å². The number of esters is 2. The summed E-state index contributed by atoms with van der Waals surface area (Å²) in [6.07, 6.45) is 3.09. The van der Waals surface area contributed by atoms with Gasteiger partial charge in [0.05, 0.1) is 17.4 Å². The second kappa shape index (κ2) is 15.1. The quantitative estimate of drug-likeness (QED) is 0.262. The molecule has 2 aromatic rings. The number of nitrogens with zero attached hydrogens (tertiary/aromatic N) is 2. The molecule has 0 radical (unpaired) electrons. The Hall–Kier alpha value is -4.06. The third-order valence-corrected chi connectivity index (χ3v) is 5.41. The molecule has 0 saturated carbocycles. The molecule has 0 aliphatic carbocycles. The van der Waals surface area contributed by atoms with Crippen molar-refractivity contribution in [1.29, 1.82) is 0 Å². The van der Waals surface area contributed by atoms with Crippen LogP contribution in [-0.4, -0.2) is 68.8 Å².